The van der Waals surface area contributed by atoms with Gasteiger partial charge in [0.25, 0.3) is 0 Å². The lowest BCUT2D eigenvalue weighted by Gasteiger charge is -2.06. The maximum Gasteiger partial charge on any atom is 0.416 e. The van der Waals surface area contributed by atoms with Crippen LogP contribution in [0, 0.1) is 0 Å². The number of halogens is 4. The highest BCUT2D eigenvalue weighted by molar-refractivity contribution is 9.10. The maximum atomic E-state index is 12.4. The molecule has 0 saturated heterocycles. The van der Waals surface area contributed by atoms with Crippen LogP contribution in [0.3, 0.4) is 0 Å². The molecule has 0 N–H and O–H groups in total. The number of benzene rings is 1. The Morgan fingerprint density at radius 1 is 1.20 bits per heavy atom. The summed E-state index contributed by atoms with van der Waals surface area (Å²) in [7, 11) is 0. The van der Waals surface area contributed by atoms with Gasteiger partial charge in [-0.2, -0.15) is 13.2 Å². The first-order valence-electron chi connectivity index (χ1n) is 3.96. The first kappa shape index (κ1) is 10.4. The van der Waals surface area contributed by atoms with Gasteiger partial charge < -0.3 is 0 Å². The van der Waals surface area contributed by atoms with Crippen LogP contribution < -0.4 is 0 Å². The largest absolute Gasteiger partial charge is 0.416 e. The highest BCUT2D eigenvalue weighted by Gasteiger charge is 2.30. The average Bonchev–Trinajstić information content (AvgIpc) is 2.15. The minimum atomic E-state index is -4.34. The van der Waals surface area contributed by atoms with Crippen LogP contribution in [0.4, 0.5) is 13.2 Å². The molecule has 0 aliphatic heterocycles. The van der Waals surface area contributed by atoms with E-state index in [9.17, 15) is 13.2 Å². The zero-order valence-electron chi connectivity index (χ0n) is 7.22. The fourth-order valence-corrected chi connectivity index (χ4v) is 1.47. The molecule has 0 radical (unpaired) electrons. The van der Waals surface area contributed by atoms with E-state index in [4.69, 9.17) is 0 Å². The van der Waals surface area contributed by atoms with Crippen LogP contribution in [0.5, 0.6) is 0 Å². The second-order valence-corrected chi connectivity index (χ2v) is 3.62. The lowest BCUT2D eigenvalue weighted by molar-refractivity contribution is -0.137. The third kappa shape index (κ3) is 2.09. The number of rotatable bonds is 0. The van der Waals surface area contributed by atoms with Crippen LogP contribution in [0.2, 0.25) is 0 Å². The Labute approximate surface area is 91.3 Å². The van der Waals surface area contributed by atoms with Crippen molar-refractivity contribution in [3.8, 4) is 0 Å². The summed E-state index contributed by atoms with van der Waals surface area (Å²) >= 11 is 3.00. The highest BCUT2D eigenvalue weighted by atomic mass is 79.9. The number of hydrogen-bond acceptors (Lipinski definition) is 2. The molecular weight excluding hydrogens is 273 g/mol. The molecule has 0 aliphatic rings. The minimum Gasteiger partial charge on any atom is -0.230 e. The molecule has 6 heteroatoms. The number of alkyl halides is 3. The average molecular weight is 277 g/mol. The van der Waals surface area contributed by atoms with Crippen molar-refractivity contribution in [3.63, 3.8) is 0 Å². The summed E-state index contributed by atoms with van der Waals surface area (Å²) in [6.07, 6.45) is -2.88. The zero-order chi connectivity index (χ0) is 11.1. The van der Waals surface area contributed by atoms with E-state index >= 15 is 0 Å². The van der Waals surface area contributed by atoms with Crippen molar-refractivity contribution in [2.24, 2.45) is 0 Å². The summed E-state index contributed by atoms with van der Waals surface area (Å²) in [5.74, 6) is 0. The summed E-state index contributed by atoms with van der Waals surface area (Å²) in [6.45, 7) is 0. The van der Waals surface area contributed by atoms with Crippen molar-refractivity contribution < 1.29 is 13.2 Å². The van der Waals surface area contributed by atoms with Crippen LogP contribution in [-0.2, 0) is 6.18 Å². The summed E-state index contributed by atoms with van der Waals surface area (Å²) < 4.78 is 37.4. The SMILES string of the molecule is FC(F)(F)c1ccc2cnc(Br)nc2c1. The van der Waals surface area contributed by atoms with E-state index in [0.717, 1.165) is 12.1 Å². The first-order chi connectivity index (χ1) is 6.97. The lowest BCUT2D eigenvalue weighted by atomic mass is 10.1. The van der Waals surface area contributed by atoms with Gasteiger partial charge in [0.15, 0.2) is 4.73 Å². The van der Waals surface area contributed by atoms with Gasteiger partial charge in [-0.05, 0) is 28.1 Å². The fraction of sp³-hybridized carbons (Fsp3) is 0.111. The predicted octanol–water partition coefficient (Wildman–Crippen LogP) is 3.41. The summed E-state index contributed by atoms with van der Waals surface area (Å²) in [5.41, 5.74) is -0.438. The molecule has 0 aliphatic carbocycles. The smallest absolute Gasteiger partial charge is 0.230 e. The molecule has 78 valence electrons. The van der Waals surface area contributed by atoms with E-state index in [2.05, 4.69) is 25.9 Å². The summed E-state index contributed by atoms with van der Waals surface area (Å²) in [6, 6.07) is 3.37. The second kappa shape index (κ2) is 3.44. The Hall–Kier alpha value is -1.17. The van der Waals surface area contributed by atoms with Gasteiger partial charge in [0, 0.05) is 11.6 Å². The molecule has 0 fully saturated rings. The van der Waals surface area contributed by atoms with Crippen molar-refractivity contribution in [3.05, 3.63) is 34.7 Å². The Morgan fingerprint density at radius 3 is 2.60 bits per heavy atom. The molecule has 2 aromatic rings. The van der Waals surface area contributed by atoms with Crippen LogP contribution in [-0.4, -0.2) is 9.97 Å². The molecule has 2 nitrogen and oxygen atoms in total. The molecule has 2 rings (SSSR count). The third-order valence-corrected chi connectivity index (χ3v) is 2.26. The lowest BCUT2D eigenvalue weighted by Crippen LogP contribution is -2.04. The molecule has 1 heterocycles. The quantitative estimate of drug-likeness (QED) is 0.689. The molecule has 0 amide bonds. The maximum absolute atomic E-state index is 12.4. The summed E-state index contributed by atoms with van der Waals surface area (Å²) in [5, 5.41) is 0.575. The van der Waals surface area contributed by atoms with Crippen LogP contribution in [0.1, 0.15) is 5.56 Å². The Balaban J connectivity index is 2.64. The van der Waals surface area contributed by atoms with Gasteiger partial charge in [-0.3, -0.25) is 0 Å². The Bertz CT molecular complexity index is 510. The number of hydrogen-bond donors (Lipinski definition) is 0. The van der Waals surface area contributed by atoms with Gasteiger partial charge in [-0.25, -0.2) is 9.97 Å². The zero-order valence-corrected chi connectivity index (χ0v) is 8.80. The van der Waals surface area contributed by atoms with Gasteiger partial charge >= 0.3 is 6.18 Å². The van der Waals surface area contributed by atoms with E-state index in [1.54, 1.807) is 0 Å². The van der Waals surface area contributed by atoms with E-state index in [-0.39, 0.29) is 10.3 Å². The molecule has 0 saturated carbocycles. The van der Waals surface area contributed by atoms with Crippen molar-refractivity contribution in [2.75, 3.05) is 0 Å². The topological polar surface area (TPSA) is 25.8 Å². The summed E-state index contributed by atoms with van der Waals surface area (Å²) in [4.78, 5) is 7.68. The molecule has 0 bridgehead atoms. The van der Waals surface area contributed by atoms with Crippen LogP contribution >= 0.6 is 15.9 Å². The minimum absolute atomic E-state index is 0.270. The molecule has 1 aromatic carbocycles. The normalized spacial score (nSPS) is 12.0. The van der Waals surface area contributed by atoms with E-state index in [0.29, 0.717) is 5.39 Å². The standard InChI is InChI=1S/C9H4BrF3N2/c10-8-14-4-5-1-2-6(9(11,12)13)3-7(5)15-8/h1-4H. The fourth-order valence-electron chi connectivity index (χ4n) is 1.18. The van der Waals surface area contributed by atoms with Gasteiger partial charge in [-0.1, -0.05) is 6.07 Å². The molecule has 15 heavy (non-hydrogen) atoms. The number of fused-ring (bicyclic) bond motifs is 1. The van der Waals surface area contributed by atoms with Gasteiger partial charge in [0.1, 0.15) is 0 Å². The molecule has 0 unspecified atom stereocenters. The van der Waals surface area contributed by atoms with Crippen molar-refractivity contribution in [2.45, 2.75) is 6.18 Å². The van der Waals surface area contributed by atoms with E-state index in [1.165, 1.54) is 12.3 Å². The van der Waals surface area contributed by atoms with Gasteiger partial charge in [-0.15, -0.1) is 0 Å². The van der Waals surface area contributed by atoms with Crippen molar-refractivity contribution in [1.29, 1.82) is 0 Å². The predicted molar refractivity (Wildman–Crippen MR) is 52.2 cm³/mol. The monoisotopic (exact) mass is 276 g/mol. The van der Waals surface area contributed by atoms with Crippen molar-refractivity contribution >= 4 is 26.8 Å². The third-order valence-electron chi connectivity index (χ3n) is 1.88. The molecule has 1 aromatic heterocycles. The van der Waals surface area contributed by atoms with Crippen molar-refractivity contribution in [1.82, 2.24) is 9.97 Å². The molecule has 0 spiro atoms. The van der Waals surface area contributed by atoms with Gasteiger partial charge in [0.05, 0.1) is 11.1 Å². The number of nitrogens with zero attached hydrogens (tertiary/aromatic N) is 2. The Morgan fingerprint density at radius 2 is 1.93 bits per heavy atom. The second-order valence-electron chi connectivity index (χ2n) is 2.91. The number of aromatic nitrogens is 2. The van der Waals surface area contributed by atoms with Crippen LogP contribution in [0.25, 0.3) is 10.9 Å². The molecular formula is C9H4BrF3N2. The van der Waals surface area contributed by atoms with E-state index in [1.807, 2.05) is 0 Å². The van der Waals surface area contributed by atoms with E-state index < -0.39 is 11.7 Å². The Kier molecular flexibility index (Phi) is 2.38. The first-order valence-corrected chi connectivity index (χ1v) is 4.75. The highest BCUT2D eigenvalue weighted by Crippen LogP contribution is 2.30. The molecule has 0 atom stereocenters. The van der Waals surface area contributed by atoms with Gasteiger partial charge in [0.2, 0.25) is 0 Å². The van der Waals surface area contributed by atoms with Crippen LogP contribution in [0.15, 0.2) is 29.1 Å².